The molecule has 0 spiro atoms. The third-order valence-corrected chi connectivity index (χ3v) is 10.7. The summed E-state index contributed by atoms with van der Waals surface area (Å²) in [6, 6.07) is 26.1. The summed E-state index contributed by atoms with van der Waals surface area (Å²) >= 11 is 1.41. The van der Waals surface area contributed by atoms with Gasteiger partial charge in [0.2, 0.25) is 11.8 Å². The number of hydrogen-bond acceptors (Lipinski definition) is 10. The van der Waals surface area contributed by atoms with E-state index >= 15 is 0 Å². The predicted molar refractivity (Wildman–Crippen MR) is 197 cm³/mol. The minimum Gasteiger partial charge on any atom is -0.375 e. The van der Waals surface area contributed by atoms with Gasteiger partial charge in [0, 0.05) is 30.8 Å². The van der Waals surface area contributed by atoms with E-state index in [9.17, 15) is 14.4 Å². The zero-order chi connectivity index (χ0) is 35.2. The number of thiazole rings is 1. The lowest BCUT2D eigenvalue weighted by Crippen LogP contribution is -2.65. The number of anilines is 2. The second-order valence-electron chi connectivity index (χ2n) is 13.0. The van der Waals surface area contributed by atoms with Crippen LogP contribution in [0.2, 0.25) is 0 Å². The number of rotatable bonds is 11. The van der Waals surface area contributed by atoms with E-state index in [1.807, 2.05) is 107 Å². The SMILES string of the molecule is C=CCN(C1OC1NC)N1CC(=O)N2[C@@H](Cc3ccc(NC(=O)c4cccc5ccccc45)cc3)C(=O)N(Cc3cccc4sc(N)nc34)C[C@@H]21. The van der Waals surface area contributed by atoms with Gasteiger partial charge in [0.1, 0.15) is 12.2 Å². The Kier molecular flexibility index (Phi) is 8.74. The highest BCUT2D eigenvalue weighted by Gasteiger charge is 2.55. The smallest absolute Gasteiger partial charge is 0.256 e. The molecule has 3 aliphatic rings. The summed E-state index contributed by atoms with van der Waals surface area (Å²) in [6.07, 6.45) is 1.25. The van der Waals surface area contributed by atoms with Crippen molar-refractivity contribution in [2.45, 2.75) is 37.6 Å². The largest absolute Gasteiger partial charge is 0.375 e. The van der Waals surface area contributed by atoms with Crippen molar-refractivity contribution in [1.82, 2.24) is 30.1 Å². The molecule has 260 valence electrons. The first-order chi connectivity index (χ1) is 24.8. The molecule has 3 saturated heterocycles. The molecule has 5 aromatic rings. The van der Waals surface area contributed by atoms with Crippen molar-refractivity contribution < 1.29 is 19.1 Å². The first kappa shape index (κ1) is 33.0. The molecule has 2 unspecified atom stereocenters. The zero-order valence-electron chi connectivity index (χ0n) is 28.1. The molecule has 4 aromatic carbocycles. The number of likely N-dealkylation sites (N-methyl/N-ethyl adjacent to an activating group) is 1. The van der Waals surface area contributed by atoms with Crippen LogP contribution < -0.4 is 16.4 Å². The first-order valence-electron chi connectivity index (χ1n) is 16.9. The van der Waals surface area contributed by atoms with Crippen LogP contribution in [0.4, 0.5) is 10.8 Å². The summed E-state index contributed by atoms with van der Waals surface area (Å²) in [5.41, 5.74) is 9.82. The Balaban J connectivity index is 1.07. The Hall–Kier alpha value is -5.18. The zero-order valence-corrected chi connectivity index (χ0v) is 28.9. The molecular formula is C38H38N8O4S. The van der Waals surface area contributed by atoms with Crippen LogP contribution in [0.15, 0.2) is 97.6 Å². The van der Waals surface area contributed by atoms with Crippen LogP contribution in [0.25, 0.3) is 21.0 Å². The van der Waals surface area contributed by atoms with Crippen molar-refractivity contribution in [3.63, 3.8) is 0 Å². The summed E-state index contributed by atoms with van der Waals surface area (Å²) in [5, 5.41) is 12.5. The minimum atomic E-state index is -0.747. The summed E-state index contributed by atoms with van der Waals surface area (Å²) in [5.74, 6) is -0.465. The lowest BCUT2D eigenvalue weighted by Gasteiger charge is -2.46. The van der Waals surface area contributed by atoms with Crippen molar-refractivity contribution in [3.8, 4) is 0 Å². The molecule has 0 saturated carbocycles. The lowest BCUT2D eigenvalue weighted by atomic mass is 9.99. The van der Waals surface area contributed by atoms with Crippen LogP contribution in [0, 0.1) is 0 Å². The second-order valence-corrected chi connectivity index (χ2v) is 14.0. The quantitative estimate of drug-likeness (QED) is 0.138. The van der Waals surface area contributed by atoms with Gasteiger partial charge < -0.3 is 25.6 Å². The number of nitrogens with zero attached hydrogens (tertiary/aromatic N) is 5. The number of piperazine rings is 1. The Morgan fingerprint density at radius 1 is 1.08 bits per heavy atom. The van der Waals surface area contributed by atoms with Gasteiger partial charge in [-0.1, -0.05) is 78.1 Å². The van der Waals surface area contributed by atoms with Crippen molar-refractivity contribution in [3.05, 3.63) is 114 Å². The van der Waals surface area contributed by atoms with Crippen molar-refractivity contribution in [2.75, 3.05) is 37.7 Å². The Labute approximate surface area is 299 Å². The standard InChI is InChI=1S/C38H38N8O4S/c1-3-18-44(37-35(40-2)50-37)45-22-32(47)46-29(36(49)43(21-31(45)46)20-25-10-7-13-30-33(25)42-38(39)51-30)19-23-14-16-26(17-15-23)41-34(48)28-12-6-9-24-8-4-5-11-27(24)28/h3-17,29,31,35,37,40H,1,18-22H2,2H3,(H2,39,42)(H,41,48)/t29-,31+,35?,37?/m0/s1. The maximum absolute atomic E-state index is 14.4. The molecule has 12 nitrogen and oxygen atoms in total. The van der Waals surface area contributed by atoms with E-state index in [4.69, 9.17) is 10.5 Å². The first-order valence-corrected chi connectivity index (χ1v) is 17.7. The van der Waals surface area contributed by atoms with E-state index in [1.165, 1.54) is 11.3 Å². The maximum atomic E-state index is 14.4. The van der Waals surface area contributed by atoms with Gasteiger partial charge in [-0.25, -0.2) is 15.0 Å². The number of aromatic nitrogens is 1. The fourth-order valence-corrected chi connectivity index (χ4v) is 8.14. The molecule has 4 N–H and O–H groups in total. The normalized spacial score (nSPS) is 21.8. The molecule has 4 atom stereocenters. The fraction of sp³-hybridized carbons (Fsp3) is 0.263. The molecule has 0 radical (unpaired) electrons. The number of ether oxygens (including phenoxy) is 1. The number of nitrogens with two attached hydrogens (primary N) is 1. The number of benzene rings is 4. The third-order valence-electron chi connectivity index (χ3n) is 9.81. The van der Waals surface area contributed by atoms with E-state index in [-0.39, 0.29) is 36.7 Å². The van der Waals surface area contributed by atoms with Gasteiger partial charge in [0.15, 0.2) is 17.6 Å². The molecule has 3 fully saturated rings. The third kappa shape index (κ3) is 6.23. The minimum absolute atomic E-state index is 0.115. The van der Waals surface area contributed by atoms with Gasteiger partial charge >= 0.3 is 0 Å². The molecule has 3 amide bonds. The molecule has 51 heavy (non-hydrogen) atoms. The predicted octanol–water partition coefficient (Wildman–Crippen LogP) is 4.01. The van der Waals surface area contributed by atoms with Gasteiger partial charge in [-0.3, -0.25) is 19.7 Å². The Morgan fingerprint density at radius 3 is 2.65 bits per heavy atom. The molecule has 13 heteroatoms. The number of epoxide rings is 1. The highest BCUT2D eigenvalue weighted by atomic mass is 32.1. The van der Waals surface area contributed by atoms with Crippen LogP contribution >= 0.6 is 11.3 Å². The van der Waals surface area contributed by atoms with E-state index in [0.29, 0.717) is 42.4 Å². The molecule has 4 heterocycles. The van der Waals surface area contributed by atoms with Gasteiger partial charge in [-0.05, 0) is 53.2 Å². The fourth-order valence-electron chi connectivity index (χ4n) is 7.36. The molecule has 1 aromatic heterocycles. The number of hydrazine groups is 1. The van der Waals surface area contributed by atoms with Crippen LogP contribution in [0.5, 0.6) is 0 Å². The van der Waals surface area contributed by atoms with Crippen molar-refractivity contribution in [2.24, 2.45) is 0 Å². The van der Waals surface area contributed by atoms with E-state index in [2.05, 4.69) is 22.2 Å². The summed E-state index contributed by atoms with van der Waals surface area (Å²) in [7, 11) is 1.83. The number of nitrogen functional groups attached to an aromatic ring is 1. The summed E-state index contributed by atoms with van der Waals surface area (Å²) in [4.78, 5) is 49.7. The number of para-hydroxylation sites is 1. The highest BCUT2D eigenvalue weighted by molar-refractivity contribution is 7.22. The number of fused-ring (bicyclic) bond motifs is 3. The van der Waals surface area contributed by atoms with Crippen LogP contribution in [-0.4, -0.2) is 93.9 Å². The average molecular weight is 703 g/mol. The summed E-state index contributed by atoms with van der Waals surface area (Å²) < 4.78 is 6.84. The van der Waals surface area contributed by atoms with Gasteiger partial charge in [-0.15, -0.1) is 6.58 Å². The number of carbonyl (C=O) groups is 3. The Bertz CT molecular complexity index is 2150. The Morgan fingerprint density at radius 2 is 1.86 bits per heavy atom. The monoisotopic (exact) mass is 702 g/mol. The van der Waals surface area contributed by atoms with Crippen LogP contribution in [0.1, 0.15) is 21.5 Å². The van der Waals surface area contributed by atoms with E-state index in [1.54, 1.807) is 11.0 Å². The summed E-state index contributed by atoms with van der Waals surface area (Å²) in [6.45, 7) is 5.16. The van der Waals surface area contributed by atoms with E-state index < -0.39 is 12.2 Å². The van der Waals surface area contributed by atoms with Gasteiger partial charge in [0.25, 0.3) is 5.91 Å². The number of amides is 3. The number of hydrogen-bond donors (Lipinski definition) is 3. The lowest BCUT2D eigenvalue weighted by molar-refractivity contribution is -0.161. The van der Waals surface area contributed by atoms with E-state index in [0.717, 1.165) is 32.1 Å². The highest BCUT2D eigenvalue weighted by Crippen LogP contribution is 2.35. The van der Waals surface area contributed by atoms with Crippen molar-refractivity contribution >= 4 is 60.9 Å². The van der Waals surface area contributed by atoms with Crippen LogP contribution in [0.3, 0.4) is 0 Å². The topological polar surface area (TPSA) is 140 Å². The number of nitrogens with one attached hydrogen (secondary N) is 2. The van der Waals surface area contributed by atoms with Crippen LogP contribution in [-0.2, 0) is 27.3 Å². The second kappa shape index (κ2) is 13.5. The van der Waals surface area contributed by atoms with Gasteiger partial charge in [0.05, 0.1) is 23.3 Å². The molecule has 8 rings (SSSR count). The number of carbonyl (C=O) groups excluding carboxylic acids is 3. The van der Waals surface area contributed by atoms with Crippen molar-refractivity contribution in [1.29, 1.82) is 0 Å². The molecule has 0 aliphatic carbocycles. The maximum Gasteiger partial charge on any atom is 0.256 e. The molecular weight excluding hydrogens is 665 g/mol. The average Bonchev–Trinajstić information content (AvgIpc) is 3.71. The van der Waals surface area contributed by atoms with Gasteiger partial charge in [-0.2, -0.15) is 0 Å². The molecule has 3 aliphatic heterocycles. The molecule has 0 bridgehead atoms.